The fourth-order valence-corrected chi connectivity index (χ4v) is 4.01. The van der Waals surface area contributed by atoms with Crippen molar-refractivity contribution in [1.29, 1.82) is 0 Å². The molecule has 1 aliphatic heterocycles. The Morgan fingerprint density at radius 3 is 2.82 bits per heavy atom. The molecule has 0 spiro atoms. The van der Waals surface area contributed by atoms with Crippen molar-refractivity contribution in [2.45, 2.75) is 31.3 Å². The molecule has 1 N–H and O–H groups in total. The molecule has 1 fully saturated rings. The number of aromatic nitrogens is 1. The first kappa shape index (κ1) is 17.2. The van der Waals surface area contributed by atoms with Gasteiger partial charge in [-0.2, -0.15) is 13.2 Å². The Balaban J connectivity index is 2.08. The second-order valence-electron chi connectivity index (χ2n) is 5.18. The lowest BCUT2D eigenvalue weighted by Gasteiger charge is -2.18. The van der Waals surface area contributed by atoms with Crippen LogP contribution in [0.5, 0.6) is 0 Å². The van der Waals surface area contributed by atoms with Crippen molar-refractivity contribution >= 4 is 10.0 Å². The maximum Gasteiger partial charge on any atom is 0.418 e. The lowest BCUT2D eigenvalue weighted by molar-refractivity contribution is -0.138. The highest BCUT2D eigenvalue weighted by atomic mass is 32.2. The summed E-state index contributed by atoms with van der Waals surface area (Å²) in [5.74, 6) is 0. The van der Waals surface area contributed by atoms with Crippen molar-refractivity contribution in [3.8, 4) is 0 Å². The number of alkyl halides is 3. The quantitative estimate of drug-likeness (QED) is 0.887. The van der Waals surface area contributed by atoms with Crippen LogP contribution in [-0.2, 0) is 22.7 Å². The van der Waals surface area contributed by atoms with Crippen LogP contribution < -0.4 is 4.72 Å². The summed E-state index contributed by atoms with van der Waals surface area (Å²) in [6.45, 7) is 2.63. The first-order chi connectivity index (χ1) is 10.2. The van der Waals surface area contributed by atoms with Gasteiger partial charge in [0.2, 0.25) is 10.0 Å². The minimum absolute atomic E-state index is 0.00612. The molecule has 9 heteroatoms. The van der Waals surface area contributed by atoms with Gasteiger partial charge < -0.3 is 0 Å². The van der Waals surface area contributed by atoms with Gasteiger partial charge in [-0.3, -0.25) is 9.88 Å². The molecule has 22 heavy (non-hydrogen) atoms. The van der Waals surface area contributed by atoms with Crippen molar-refractivity contribution in [3.63, 3.8) is 0 Å². The van der Waals surface area contributed by atoms with Gasteiger partial charge in [-0.05, 0) is 25.1 Å². The number of nitrogens with one attached hydrogen (secondary N) is 1. The summed E-state index contributed by atoms with van der Waals surface area (Å²) < 4.78 is 65.1. The zero-order valence-electron chi connectivity index (χ0n) is 12.1. The summed E-state index contributed by atoms with van der Waals surface area (Å²) in [5.41, 5.74) is -0.843. The number of likely N-dealkylation sites (tertiary alicyclic amines) is 1. The first-order valence-corrected chi connectivity index (χ1v) is 8.50. The molecule has 2 rings (SSSR count). The van der Waals surface area contributed by atoms with E-state index in [0.717, 1.165) is 6.07 Å². The molecule has 0 amide bonds. The number of hydrogen-bond donors (Lipinski definition) is 1. The predicted molar refractivity (Wildman–Crippen MR) is 75.5 cm³/mol. The van der Waals surface area contributed by atoms with Crippen LogP contribution in [0.3, 0.4) is 0 Å². The minimum atomic E-state index is -4.46. The van der Waals surface area contributed by atoms with Gasteiger partial charge >= 0.3 is 6.18 Å². The van der Waals surface area contributed by atoms with Crippen molar-refractivity contribution < 1.29 is 21.6 Å². The van der Waals surface area contributed by atoms with Gasteiger partial charge in [-0.15, -0.1) is 0 Å². The highest BCUT2D eigenvalue weighted by molar-refractivity contribution is 7.90. The van der Waals surface area contributed by atoms with E-state index in [1.807, 2.05) is 0 Å². The number of rotatable bonds is 5. The van der Waals surface area contributed by atoms with Crippen molar-refractivity contribution in [1.82, 2.24) is 14.6 Å². The number of nitrogens with zero attached hydrogens (tertiary/aromatic N) is 2. The molecular formula is C13H18F3N3O2S. The summed E-state index contributed by atoms with van der Waals surface area (Å²) in [6.07, 6.45) is -2.74. The molecule has 0 saturated carbocycles. The fraction of sp³-hybridized carbons (Fsp3) is 0.615. The third kappa shape index (κ3) is 3.96. The van der Waals surface area contributed by atoms with E-state index >= 15 is 0 Å². The van der Waals surface area contributed by atoms with Crippen molar-refractivity contribution in [3.05, 3.63) is 29.6 Å². The standard InChI is InChI=1S/C13H18F3N3O2S/c1-2-18-22(20,21)10-5-7-19(8-10)9-12-11(13(14,15)16)4-3-6-17-12/h3-4,6,10,18H,2,5,7-9H2,1H3/t10-/m1/s1. The first-order valence-electron chi connectivity index (χ1n) is 6.96. The van der Waals surface area contributed by atoms with E-state index < -0.39 is 27.0 Å². The zero-order valence-corrected chi connectivity index (χ0v) is 12.9. The highest BCUT2D eigenvalue weighted by Crippen LogP contribution is 2.32. The monoisotopic (exact) mass is 337 g/mol. The Kier molecular flexibility index (Phi) is 5.08. The molecular weight excluding hydrogens is 319 g/mol. The largest absolute Gasteiger partial charge is 0.418 e. The Bertz CT molecular complexity index is 619. The van der Waals surface area contributed by atoms with Gasteiger partial charge in [0.25, 0.3) is 0 Å². The summed E-state index contributed by atoms with van der Waals surface area (Å²) in [5, 5.41) is -0.592. The van der Waals surface area contributed by atoms with Crippen LogP contribution in [0.4, 0.5) is 13.2 Å². The molecule has 124 valence electrons. The Hall–Kier alpha value is -1.19. The Morgan fingerprint density at radius 2 is 2.18 bits per heavy atom. The highest BCUT2D eigenvalue weighted by Gasteiger charge is 2.36. The van der Waals surface area contributed by atoms with Crippen LogP contribution in [0.25, 0.3) is 0 Å². The lowest BCUT2D eigenvalue weighted by Crippen LogP contribution is -2.36. The Morgan fingerprint density at radius 1 is 1.45 bits per heavy atom. The third-order valence-electron chi connectivity index (χ3n) is 3.58. The zero-order chi connectivity index (χ0) is 16.4. The summed E-state index contributed by atoms with van der Waals surface area (Å²) in [7, 11) is -3.41. The second kappa shape index (κ2) is 6.51. The van der Waals surface area contributed by atoms with Gasteiger partial charge in [0.05, 0.1) is 16.5 Å². The molecule has 1 saturated heterocycles. The summed E-state index contributed by atoms with van der Waals surface area (Å²) >= 11 is 0. The molecule has 5 nitrogen and oxygen atoms in total. The van der Waals surface area contributed by atoms with Crippen LogP contribution in [-0.4, -0.2) is 43.2 Å². The average Bonchev–Trinajstić information content (AvgIpc) is 2.87. The van der Waals surface area contributed by atoms with E-state index in [1.54, 1.807) is 11.8 Å². The number of pyridine rings is 1. The predicted octanol–water partition coefficient (Wildman–Crippen LogP) is 1.61. The molecule has 0 aliphatic carbocycles. The van der Waals surface area contributed by atoms with Crippen LogP contribution in [0.1, 0.15) is 24.6 Å². The fourth-order valence-electron chi connectivity index (χ4n) is 2.55. The van der Waals surface area contributed by atoms with Crippen molar-refractivity contribution in [2.75, 3.05) is 19.6 Å². The van der Waals surface area contributed by atoms with Gasteiger partial charge in [0.1, 0.15) is 0 Å². The van der Waals surface area contributed by atoms with E-state index in [9.17, 15) is 21.6 Å². The lowest BCUT2D eigenvalue weighted by atomic mass is 10.2. The molecule has 1 aromatic rings. The van der Waals surface area contributed by atoms with Gasteiger partial charge in [-0.25, -0.2) is 13.1 Å². The molecule has 1 aromatic heterocycles. The number of halogens is 3. The molecule has 2 heterocycles. The maximum absolute atomic E-state index is 12.9. The summed E-state index contributed by atoms with van der Waals surface area (Å²) in [4.78, 5) is 5.50. The van der Waals surface area contributed by atoms with Crippen LogP contribution in [0.15, 0.2) is 18.3 Å². The number of hydrogen-bond acceptors (Lipinski definition) is 4. The van der Waals surface area contributed by atoms with Crippen LogP contribution >= 0.6 is 0 Å². The summed E-state index contributed by atoms with van der Waals surface area (Å²) in [6, 6.07) is 2.24. The third-order valence-corrected chi connectivity index (χ3v) is 5.54. The molecule has 0 aromatic carbocycles. The molecule has 1 atom stereocenters. The van der Waals surface area contributed by atoms with E-state index in [2.05, 4.69) is 9.71 Å². The SMILES string of the molecule is CCNS(=O)(=O)[C@@H]1CCN(Cc2ncccc2C(F)(F)F)C1. The van der Waals surface area contributed by atoms with Gasteiger partial charge in [0.15, 0.2) is 0 Å². The topological polar surface area (TPSA) is 62.3 Å². The maximum atomic E-state index is 12.9. The smallest absolute Gasteiger partial charge is 0.296 e. The Labute approximate surface area is 127 Å². The molecule has 0 radical (unpaired) electrons. The number of sulfonamides is 1. The van der Waals surface area contributed by atoms with Crippen LogP contribution in [0, 0.1) is 0 Å². The van der Waals surface area contributed by atoms with E-state index in [4.69, 9.17) is 0 Å². The van der Waals surface area contributed by atoms with Crippen molar-refractivity contribution in [2.24, 2.45) is 0 Å². The van der Waals surface area contributed by atoms with Gasteiger partial charge in [-0.1, -0.05) is 6.92 Å². The van der Waals surface area contributed by atoms with E-state index in [1.165, 1.54) is 12.3 Å². The molecule has 0 bridgehead atoms. The second-order valence-corrected chi connectivity index (χ2v) is 7.23. The van der Waals surface area contributed by atoms with Gasteiger partial charge in [0, 0.05) is 25.8 Å². The van der Waals surface area contributed by atoms with Crippen LogP contribution in [0.2, 0.25) is 0 Å². The van der Waals surface area contributed by atoms with E-state index in [-0.39, 0.29) is 18.8 Å². The minimum Gasteiger partial charge on any atom is -0.296 e. The average molecular weight is 337 g/mol. The molecule has 0 unspecified atom stereocenters. The normalized spacial score (nSPS) is 20.5. The van der Waals surface area contributed by atoms with E-state index in [0.29, 0.717) is 19.5 Å². The molecule has 1 aliphatic rings.